The van der Waals surface area contributed by atoms with Crippen LogP contribution in [0.4, 0.5) is 0 Å². The maximum atomic E-state index is 11.7. The maximum Gasteiger partial charge on any atom is 0.273 e. The van der Waals surface area contributed by atoms with Crippen molar-refractivity contribution in [3.8, 4) is 5.69 Å². The van der Waals surface area contributed by atoms with Crippen LogP contribution in [0.1, 0.15) is 16.1 Å². The van der Waals surface area contributed by atoms with Crippen molar-refractivity contribution in [3.05, 3.63) is 47.8 Å². The summed E-state index contributed by atoms with van der Waals surface area (Å²) in [5.74, 6) is -0.124. The number of aliphatic hydroxyl groups is 1. The molecule has 0 aliphatic carbocycles. The predicted octanol–water partition coefficient (Wildman–Crippen LogP) is 1.07. The summed E-state index contributed by atoms with van der Waals surface area (Å²) < 4.78 is 1.64. The Morgan fingerprint density at radius 2 is 1.94 bits per heavy atom. The van der Waals surface area contributed by atoms with Crippen LogP contribution < -0.4 is 0 Å². The van der Waals surface area contributed by atoms with Gasteiger partial charge >= 0.3 is 0 Å². The van der Waals surface area contributed by atoms with E-state index in [-0.39, 0.29) is 12.5 Å². The molecule has 0 spiro atoms. The minimum atomic E-state index is -0.124. The topological polar surface area (TPSA) is 58.4 Å². The van der Waals surface area contributed by atoms with Gasteiger partial charge in [0.25, 0.3) is 5.91 Å². The summed E-state index contributed by atoms with van der Waals surface area (Å²) in [5, 5.41) is 13.2. The molecule has 0 unspecified atom stereocenters. The van der Waals surface area contributed by atoms with Gasteiger partial charge in [-0.25, -0.2) is 4.68 Å². The average Bonchev–Trinajstić information content (AvgIpc) is 2.87. The maximum absolute atomic E-state index is 11.7. The second-order valence-corrected chi connectivity index (χ2v) is 4.17. The minimum Gasteiger partial charge on any atom is -0.392 e. The number of rotatable bonds is 3. The van der Waals surface area contributed by atoms with Crippen LogP contribution in [0, 0.1) is 0 Å². The van der Waals surface area contributed by atoms with Gasteiger partial charge in [-0.1, -0.05) is 12.1 Å². The lowest BCUT2D eigenvalue weighted by Crippen LogP contribution is -2.22. The van der Waals surface area contributed by atoms with E-state index in [0.717, 1.165) is 11.3 Å². The first-order valence-electron chi connectivity index (χ1n) is 5.59. The van der Waals surface area contributed by atoms with Crippen molar-refractivity contribution < 1.29 is 9.90 Å². The third kappa shape index (κ3) is 2.41. The number of carbonyl (C=O) groups is 1. The molecule has 5 nitrogen and oxygen atoms in total. The van der Waals surface area contributed by atoms with Gasteiger partial charge in [0.2, 0.25) is 0 Å². The van der Waals surface area contributed by atoms with Gasteiger partial charge in [-0.05, 0) is 23.8 Å². The van der Waals surface area contributed by atoms with E-state index in [0.29, 0.717) is 5.69 Å². The number of aromatic nitrogens is 2. The van der Waals surface area contributed by atoms with Crippen LogP contribution in [-0.4, -0.2) is 39.8 Å². The zero-order valence-corrected chi connectivity index (χ0v) is 10.4. The molecular formula is C13H15N3O2. The summed E-state index contributed by atoms with van der Waals surface area (Å²) in [6.07, 6.45) is 1.74. The Morgan fingerprint density at radius 1 is 1.28 bits per heavy atom. The molecule has 94 valence electrons. The highest BCUT2D eigenvalue weighted by Crippen LogP contribution is 2.10. The Hall–Kier alpha value is -2.14. The first-order valence-corrected chi connectivity index (χ1v) is 5.59. The lowest BCUT2D eigenvalue weighted by molar-refractivity contribution is 0.0821. The Kier molecular flexibility index (Phi) is 3.43. The Morgan fingerprint density at radius 3 is 2.50 bits per heavy atom. The highest BCUT2D eigenvalue weighted by atomic mass is 16.3. The summed E-state index contributed by atoms with van der Waals surface area (Å²) in [4.78, 5) is 13.2. The molecule has 5 heteroatoms. The van der Waals surface area contributed by atoms with Gasteiger partial charge < -0.3 is 10.0 Å². The van der Waals surface area contributed by atoms with E-state index in [1.807, 2.05) is 24.3 Å². The van der Waals surface area contributed by atoms with E-state index in [2.05, 4.69) is 5.10 Å². The molecule has 1 N–H and O–H groups in total. The molecule has 0 saturated carbocycles. The third-order valence-electron chi connectivity index (χ3n) is 2.60. The second kappa shape index (κ2) is 5.01. The minimum absolute atomic E-state index is 0.0176. The first kappa shape index (κ1) is 12.3. The SMILES string of the molecule is CN(C)C(=O)c1ccn(-c2ccc(CO)cc2)n1. The summed E-state index contributed by atoms with van der Waals surface area (Å²) in [7, 11) is 3.38. The van der Waals surface area contributed by atoms with Gasteiger partial charge in [0, 0.05) is 20.3 Å². The molecule has 18 heavy (non-hydrogen) atoms. The summed E-state index contributed by atoms with van der Waals surface area (Å²) in [6.45, 7) is 0.0176. The van der Waals surface area contributed by atoms with Gasteiger partial charge in [0.1, 0.15) is 0 Å². The van der Waals surface area contributed by atoms with Crippen molar-refractivity contribution in [1.29, 1.82) is 0 Å². The fourth-order valence-corrected chi connectivity index (χ4v) is 1.56. The number of aliphatic hydroxyl groups excluding tert-OH is 1. The van der Waals surface area contributed by atoms with Crippen LogP contribution in [-0.2, 0) is 6.61 Å². The van der Waals surface area contributed by atoms with Crippen molar-refractivity contribution in [3.63, 3.8) is 0 Å². The zero-order chi connectivity index (χ0) is 13.1. The number of benzene rings is 1. The van der Waals surface area contributed by atoms with Gasteiger partial charge in [-0.15, -0.1) is 0 Å². The van der Waals surface area contributed by atoms with Gasteiger partial charge in [-0.2, -0.15) is 5.10 Å². The van der Waals surface area contributed by atoms with Crippen molar-refractivity contribution in [2.75, 3.05) is 14.1 Å². The fraction of sp³-hybridized carbons (Fsp3) is 0.231. The largest absolute Gasteiger partial charge is 0.392 e. The molecule has 0 atom stereocenters. The van der Waals surface area contributed by atoms with E-state index in [1.165, 1.54) is 4.90 Å². The lowest BCUT2D eigenvalue weighted by Gasteiger charge is -2.07. The fourth-order valence-electron chi connectivity index (χ4n) is 1.56. The summed E-state index contributed by atoms with van der Waals surface area (Å²) in [6, 6.07) is 9.03. The first-order chi connectivity index (χ1) is 8.61. The molecule has 0 aliphatic heterocycles. The Labute approximate surface area is 105 Å². The van der Waals surface area contributed by atoms with Gasteiger partial charge in [0.05, 0.1) is 12.3 Å². The summed E-state index contributed by atoms with van der Waals surface area (Å²) >= 11 is 0. The van der Waals surface area contributed by atoms with E-state index < -0.39 is 0 Å². The second-order valence-electron chi connectivity index (χ2n) is 4.17. The molecule has 1 heterocycles. The number of hydrogen-bond donors (Lipinski definition) is 1. The molecule has 0 fully saturated rings. The van der Waals surface area contributed by atoms with Crippen LogP contribution in [0.15, 0.2) is 36.5 Å². The van der Waals surface area contributed by atoms with Crippen molar-refractivity contribution in [2.45, 2.75) is 6.61 Å². The van der Waals surface area contributed by atoms with Crippen LogP contribution in [0.3, 0.4) is 0 Å². The molecular weight excluding hydrogens is 230 g/mol. The molecule has 0 saturated heterocycles. The highest BCUT2D eigenvalue weighted by molar-refractivity contribution is 5.91. The molecule has 2 aromatic rings. The van der Waals surface area contributed by atoms with E-state index >= 15 is 0 Å². The molecule has 1 aromatic carbocycles. The van der Waals surface area contributed by atoms with Crippen LogP contribution in [0.5, 0.6) is 0 Å². The highest BCUT2D eigenvalue weighted by Gasteiger charge is 2.11. The van der Waals surface area contributed by atoms with E-state index in [1.54, 1.807) is 31.0 Å². The number of amides is 1. The molecule has 2 rings (SSSR count). The Bertz CT molecular complexity index is 544. The average molecular weight is 245 g/mol. The van der Waals surface area contributed by atoms with Crippen molar-refractivity contribution >= 4 is 5.91 Å². The Balaban J connectivity index is 2.26. The van der Waals surface area contributed by atoms with Gasteiger partial charge in [-0.3, -0.25) is 4.79 Å². The smallest absolute Gasteiger partial charge is 0.273 e. The molecule has 0 radical (unpaired) electrons. The number of hydrogen-bond acceptors (Lipinski definition) is 3. The van der Waals surface area contributed by atoms with Crippen LogP contribution in [0.2, 0.25) is 0 Å². The standard InChI is InChI=1S/C13H15N3O2/c1-15(2)13(18)12-7-8-16(14-12)11-5-3-10(9-17)4-6-11/h3-8,17H,9H2,1-2H3. The number of nitrogens with zero attached hydrogens (tertiary/aromatic N) is 3. The predicted molar refractivity (Wildman–Crippen MR) is 67.5 cm³/mol. The normalized spacial score (nSPS) is 10.4. The lowest BCUT2D eigenvalue weighted by atomic mass is 10.2. The number of carbonyl (C=O) groups excluding carboxylic acids is 1. The molecule has 1 amide bonds. The molecule has 0 bridgehead atoms. The van der Waals surface area contributed by atoms with Crippen LogP contribution >= 0.6 is 0 Å². The summed E-state index contributed by atoms with van der Waals surface area (Å²) in [5.41, 5.74) is 2.10. The van der Waals surface area contributed by atoms with Crippen molar-refractivity contribution in [1.82, 2.24) is 14.7 Å². The molecule has 0 aliphatic rings. The van der Waals surface area contributed by atoms with Gasteiger partial charge in [0.15, 0.2) is 5.69 Å². The third-order valence-corrected chi connectivity index (χ3v) is 2.60. The molecule has 1 aromatic heterocycles. The van der Waals surface area contributed by atoms with E-state index in [9.17, 15) is 4.79 Å². The monoisotopic (exact) mass is 245 g/mol. The zero-order valence-electron chi connectivity index (χ0n) is 10.4. The van der Waals surface area contributed by atoms with Crippen molar-refractivity contribution in [2.24, 2.45) is 0 Å². The van der Waals surface area contributed by atoms with E-state index in [4.69, 9.17) is 5.11 Å². The van der Waals surface area contributed by atoms with Crippen LogP contribution in [0.25, 0.3) is 5.69 Å². The quantitative estimate of drug-likeness (QED) is 0.879.